The molecule has 0 aromatic rings. The van der Waals surface area contributed by atoms with Crippen molar-refractivity contribution in [3.05, 3.63) is 0 Å². The molecule has 2 rings (SSSR count). The minimum absolute atomic E-state index is 0.186. The minimum atomic E-state index is -0.396. The van der Waals surface area contributed by atoms with Gasteiger partial charge in [0.05, 0.1) is 19.8 Å². The lowest BCUT2D eigenvalue weighted by Crippen LogP contribution is -2.49. The van der Waals surface area contributed by atoms with Crippen LogP contribution in [0.4, 0.5) is 0 Å². The smallest absolute Gasteiger partial charge is 0.223 e. The van der Waals surface area contributed by atoms with Crippen molar-refractivity contribution in [1.82, 2.24) is 9.80 Å². The number of rotatable bonds is 6. The summed E-state index contributed by atoms with van der Waals surface area (Å²) in [6.45, 7) is 5.33. The summed E-state index contributed by atoms with van der Waals surface area (Å²) in [6.07, 6.45) is 3.44. The Labute approximate surface area is 121 Å². The van der Waals surface area contributed by atoms with Gasteiger partial charge in [-0.05, 0) is 25.9 Å². The molecule has 0 aromatic carbocycles. The summed E-state index contributed by atoms with van der Waals surface area (Å²) in [4.78, 5) is 16.1. The van der Waals surface area contributed by atoms with Crippen LogP contribution in [0.3, 0.4) is 0 Å². The number of hydrogen-bond acceptors (Lipinski definition) is 5. The highest BCUT2D eigenvalue weighted by atomic mass is 16.7. The third kappa shape index (κ3) is 4.15. The van der Waals surface area contributed by atoms with Crippen LogP contribution in [0.15, 0.2) is 0 Å². The summed E-state index contributed by atoms with van der Waals surface area (Å²) < 4.78 is 11.5. The third-order valence-electron chi connectivity index (χ3n) is 4.08. The van der Waals surface area contributed by atoms with Gasteiger partial charge in [-0.1, -0.05) is 0 Å². The number of ether oxygens (including phenoxy) is 2. The fourth-order valence-electron chi connectivity index (χ4n) is 2.89. The lowest BCUT2D eigenvalue weighted by Gasteiger charge is -2.38. The van der Waals surface area contributed by atoms with E-state index in [9.17, 15) is 4.79 Å². The molecule has 1 amide bonds. The number of hydrogen-bond donors (Lipinski definition) is 1. The number of nitrogens with two attached hydrogens (primary N) is 1. The van der Waals surface area contributed by atoms with Crippen molar-refractivity contribution in [3.63, 3.8) is 0 Å². The second-order valence-electron chi connectivity index (χ2n) is 5.69. The molecule has 2 N–H and O–H groups in total. The molecular formula is C14H27N3O3. The SMILES string of the molecule is CN(CCCN)C(=O)CCN1CCCC2(C1)OCCO2. The molecular weight excluding hydrogens is 258 g/mol. The zero-order valence-electron chi connectivity index (χ0n) is 12.5. The van der Waals surface area contributed by atoms with Crippen molar-refractivity contribution >= 4 is 5.91 Å². The monoisotopic (exact) mass is 285 g/mol. The summed E-state index contributed by atoms with van der Waals surface area (Å²) in [6, 6.07) is 0. The molecule has 6 heteroatoms. The topological polar surface area (TPSA) is 68.0 Å². The summed E-state index contributed by atoms with van der Waals surface area (Å²) in [7, 11) is 1.85. The molecule has 2 heterocycles. The Hall–Kier alpha value is -0.690. The highest BCUT2D eigenvalue weighted by molar-refractivity contribution is 5.76. The largest absolute Gasteiger partial charge is 0.346 e. The minimum Gasteiger partial charge on any atom is -0.346 e. The Balaban J connectivity index is 1.72. The molecule has 0 unspecified atom stereocenters. The van der Waals surface area contributed by atoms with Gasteiger partial charge in [-0.3, -0.25) is 9.69 Å². The molecule has 0 radical (unpaired) electrons. The lowest BCUT2D eigenvalue weighted by molar-refractivity contribution is -0.189. The van der Waals surface area contributed by atoms with E-state index in [1.54, 1.807) is 4.90 Å². The van der Waals surface area contributed by atoms with Crippen molar-refractivity contribution in [2.45, 2.75) is 31.5 Å². The number of amides is 1. The van der Waals surface area contributed by atoms with E-state index in [1.807, 2.05) is 7.05 Å². The van der Waals surface area contributed by atoms with Gasteiger partial charge in [0.25, 0.3) is 0 Å². The van der Waals surface area contributed by atoms with Gasteiger partial charge in [0.1, 0.15) is 0 Å². The van der Waals surface area contributed by atoms with Crippen LogP contribution >= 0.6 is 0 Å². The summed E-state index contributed by atoms with van der Waals surface area (Å²) in [5.74, 6) is -0.210. The summed E-state index contributed by atoms with van der Waals surface area (Å²) in [5, 5.41) is 0. The average molecular weight is 285 g/mol. The van der Waals surface area contributed by atoms with Crippen molar-refractivity contribution in [2.75, 3.05) is 53.0 Å². The van der Waals surface area contributed by atoms with E-state index in [1.165, 1.54) is 0 Å². The maximum Gasteiger partial charge on any atom is 0.223 e. The Morgan fingerprint density at radius 3 is 2.85 bits per heavy atom. The summed E-state index contributed by atoms with van der Waals surface area (Å²) in [5.41, 5.74) is 5.46. The first-order valence-corrected chi connectivity index (χ1v) is 7.59. The van der Waals surface area contributed by atoms with Crippen LogP contribution in [0.2, 0.25) is 0 Å². The van der Waals surface area contributed by atoms with Crippen molar-refractivity contribution in [3.8, 4) is 0 Å². The molecule has 2 saturated heterocycles. The van der Waals surface area contributed by atoms with Crippen LogP contribution in [0.5, 0.6) is 0 Å². The van der Waals surface area contributed by atoms with E-state index >= 15 is 0 Å². The Morgan fingerprint density at radius 1 is 1.40 bits per heavy atom. The number of carbonyl (C=O) groups is 1. The molecule has 20 heavy (non-hydrogen) atoms. The van der Waals surface area contributed by atoms with Crippen LogP contribution in [-0.2, 0) is 14.3 Å². The molecule has 116 valence electrons. The van der Waals surface area contributed by atoms with Crippen LogP contribution in [0.1, 0.15) is 25.7 Å². The molecule has 6 nitrogen and oxygen atoms in total. The lowest BCUT2D eigenvalue weighted by atomic mass is 10.0. The van der Waals surface area contributed by atoms with Crippen LogP contribution in [-0.4, -0.2) is 74.5 Å². The Kier molecular flexibility index (Phi) is 5.77. The molecule has 0 bridgehead atoms. The third-order valence-corrected chi connectivity index (χ3v) is 4.08. The average Bonchev–Trinajstić information content (AvgIpc) is 2.90. The van der Waals surface area contributed by atoms with E-state index in [4.69, 9.17) is 15.2 Å². The predicted octanol–water partition coefficient (Wildman–Crippen LogP) is 0.0226. The van der Waals surface area contributed by atoms with Gasteiger partial charge in [-0.2, -0.15) is 0 Å². The molecule has 0 saturated carbocycles. The molecule has 0 aromatic heterocycles. The number of nitrogens with zero attached hydrogens (tertiary/aromatic N) is 2. The van der Waals surface area contributed by atoms with E-state index in [0.717, 1.165) is 45.4 Å². The second-order valence-corrected chi connectivity index (χ2v) is 5.69. The number of likely N-dealkylation sites (tertiary alicyclic amines) is 1. The Morgan fingerprint density at radius 2 is 2.15 bits per heavy atom. The first-order valence-electron chi connectivity index (χ1n) is 7.59. The maximum atomic E-state index is 12.0. The second kappa shape index (κ2) is 7.36. The van der Waals surface area contributed by atoms with Gasteiger partial charge in [0.2, 0.25) is 5.91 Å². The van der Waals surface area contributed by atoms with Crippen LogP contribution < -0.4 is 5.73 Å². The predicted molar refractivity (Wildman–Crippen MR) is 76.2 cm³/mol. The summed E-state index contributed by atoms with van der Waals surface area (Å²) >= 11 is 0. The number of piperidine rings is 1. The van der Waals surface area contributed by atoms with Gasteiger partial charge in [0.15, 0.2) is 5.79 Å². The molecule has 2 aliphatic rings. The van der Waals surface area contributed by atoms with E-state index in [2.05, 4.69) is 4.90 Å². The van der Waals surface area contributed by atoms with Crippen LogP contribution in [0.25, 0.3) is 0 Å². The molecule has 2 aliphatic heterocycles. The van der Waals surface area contributed by atoms with Crippen molar-refractivity contribution in [2.24, 2.45) is 5.73 Å². The molecule has 0 atom stereocenters. The van der Waals surface area contributed by atoms with Crippen molar-refractivity contribution < 1.29 is 14.3 Å². The van der Waals surface area contributed by atoms with Gasteiger partial charge in [0, 0.05) is 33.0 Å². The van der Waals surface area contributed by atoms with E-state index in [-0.39, 0.29) is 5.91 Å². The van der Waals surface area contributed by atoms with Gasteiger partial charge in [-0.15, -0.1) is 0 Å². The molecule has 2 fully saturated rings. The van der Waals surface area contributed by atoms with Gasteiger partial charge in [-0.25, -0.2) is 0 Å². The number of carbonyl (C=O) groups excluding carboxylic acids is 1. The van der Waals surface area contributed by atoms with E-state index < -0.39 is 5.79 Å². The zero-order chi connectivity index (χ0) is 14.4. The first kappa shape index (κ1) is 15.7. The highest BCUT2D eigenvalue weighted by Crippen LogP contribution is 2.29. The standard InChI is InChI=1S/C14H27N3O3/c1-16(7-3-6-15)13(18)4-9-17-8-2-5-14(12-17)19-10-11-20-14/h2-12,15H2,1H3. The molecule has 1 spiro atoms. The first-order chi connectivity index (χ1) is 9.65. The van der Waals surface area contributed by atoms with Crippen LogP contribution in [0, 0.1) is 0 Å². The highest BCUT2D eigenvalue weighted by Gasteiger charge is 2.40. The van der Waals surface area contributed by atoms with E-state index in [0.29, 0.717) is 26.2 Å². The normalized spacial score (nSPS) is 22.3. The molecule has 0 aliphatic carbocycles. The quantitative estimate of drug-likeness (QED) is 0.745. The van der Waals surface area contributed by atoms with Crippen molar-refractivity contribution in [1.29, 1.82) is 0 Å². The fourth-order valence-corrected chi connectivity index (χ4v) is 2.89. The van der Waals surface area contributed by atoms with Gasteiger partial charge >= 0.3 is 0 Å². The zero-order valence-corrected chi connectivity index (χ0v) is 12.5. The maximum absolute atomic E-state index is 12.0. The fraction of sp³-hybridized carbons (Fsp3) is 0.929. The van der Waals surface area contributed by atoms with Gasteiger partial charge < -0.3 is 20.1 Å². The Bertz CT molecular complexity index is 319.